The van der Waals surface area contributed by atoms with E-state index < -0.39 is 0 Å². The monoisotopic (exact) mass is 275 g/mol. The molecule has 0 aromatic heterocycles. The molecule has 0 aliphatic carbocycles. The Morgan fingerprint density at radius 3 is 2.45 bits per heavy atom. The van der Waals surface area contributed by atoms with Gasteiger partial charge in [0.05, 0.1) is 6.10 Å². The fraction of sp³-hybridized carbons (Fsp3) is 0.667. The van der Waals surface area contributed by atoms with Crippen LogP contribution in [-0.2, 0) is 6.54 Å². The van der Waals surface area contributed by atoms with Gasteiger partial charge in [-0.2, -0.15) is 0 Å². The molecule has 1 N–H and O–H groups in total. The van der Waals surface area contributed by atoms with E-state index in [0.29, 0.717) is 12.0 Å². The molecule has 0 saturated carbocycles. The second-order valence-corrected chi connectivity index (χ2v) is 6.60. The molecule has 1 aromatic carbocycles. The molecule has 0 spiro atoms. The van der Waals surface area contributed by atoms with Crippen molar-refractivity contribution in [1.29, 1.82) is 0 Å². The highest BCUT2D eigenvalue weighted by Gasteiger charge is 2.23. The number of aliphatic hydroxyl groups is 1. The van der Waals surface area contributed by atoms with Crippen LogP contribution in [-0.4, -0.2) is 28.7 Å². The minimum atomic E-state index is -0.191. The molecule has 2 rings (SSSR count). The Labute approximate surface area is 123 Å². The zero-order chi connectivity index (χ0) is 14.5. The van der Waals surface area contributed by atoms with Crippen molar-refractivity contribution < 1.29 is 5.11 Å². The van der Waals surface area contributed by atoms with E-state index in [1.165, 1.54) is 36.9 Å². The maximum absolute atomic E-state index is 9.66. The van der Waals surface area contributed by atoms with Crippen LogP contribution in [0, 0.1) is 0 Å². The van der Waals surface area contributed by atoms with Crippen LogP contribution >= 0.6 is 0 Å². The van der Waals surface area contributed by atoms with Gasteiger partial charge in [0.25, 0.3) is 0 Å². The predicted octanol–water partition coefficient (Wildman–Crippen LogP) is 3.94. The van der Waals surface area contributed by atoms with Gasteiger partial charge in [-0.15, -0.1) is 0 Å². The summed E-state index contributed by atoms with van der Waals surface area (Å²) in [6.45, 7) is 8.57. The molecule has 1 aliphatic rings. The zero-order valence-electron chi connectivity index (χ0n) is 13.2. The molecule has 0 bridgehead atoms. The minimum absolute atomic E-state index is 0.191. The van der Waals surface area contributed by atoms with Crippen molar-refractivity contribution in [2.24, 2.45) is 0 Å². The number of hydrogen-bond donors (Lipinski definition) is 1. The maximum Gasteiger partial charge on any atom is 0.0527 e. The van der Waals surface area contributed by atoms with Gasteiger partial charge in [-0.1, -0.05) is 44.5 Å². The topological polar surface area (TPSA) is 23.5 Å². The number of hydrogen-bond acceptors (Lipinski definition) is 2. The average Bonchev–Trinajstić information content (AvgIpc) is 2.41. The molecule has 1 saturated heterocycles. The summed E-state index contributed by atoms with van der Waals surface area (Å²) in [5, 5.41) is 9.66. The van der Waals surface area contributed by atoms with Crippen molar-refractivity contribution >= 4 is 0 Å². The molecule has 0 radical (unpaired) electrons. The molecule has 1 fully saturated rings. The molecule has 1 aliphatic heterocycles. The maximum atomic E-state index is 9.66. The summed E-state index contributed by atoms with van der Waals surface area (Å²) in [4.78, 5) is 2.56. The number of rotatable bonds is 5. The van der Waals surface area contributed by atoms with E-state index in [-0.39, 0.29) is 6.10 Å². The second-order valence-electron chi connectivity index (χ2n) is 6.60. The van der Waals surface area contributed by atoms with Gasteiger partial charge in [0, 0.05) is 12.6 Å². The largest absolute Gasteiger partial charge is 0.393 e. The van der Waals surface area contributed by atoms with Crippen molar-refractivity contribution in [2.75, 3.05) is 6.54 Å². The third-order valence-corrected chi connectivity index (χ3v) is 4.39. The van der Waals surface area contributed by atoms with Crippen LogP contribution < -0.4 is 0 Å². The first-order chi connectivity index (χ1) is 9.56. The molecule has 112 valence electrons. The number of piperidine rings is 1. The Balaban J connectivity index is 1.99. The third-order valence-electron chi connectivity index (χ3n) is 4.39. The Kier molecular flexibility index (Phi) is 5.62. The lowest BCUT2D eigenvalue weighted by Gasteiger charge is -2.36. The molecule has 0 amide bonds. The summed E-state index contributed by atoms with van der Waals surface area (Å²) in [5.74, 6) is 0.599. The molecular formula is C18H29NO. The third kappa shape index (κ3) is 4.32. The van der Waals surface area contributed by atoms with Crippen LogP contribution in [0.2, 0.25) is 0 Å². The first-order valence-corrected chi connectivity index (χ1v) is 8.07. The van der Waals surface area contributed by atoms with E-state index >= 15 is 0 Å². The van der Waals surface area contributed by atoms with Crippen molar-refractivity contribution in [1.82, 2.24) is 4.90 Å². The Morgan fingerprint density at radius 2 is 1.85 bits per heavy atom. The van der Waals surface area contributed by atoms with Gasteiger partial charge >= 0.3 is 0 Å². The van der Waals surface area contributed by atoms with E-state index in [9.17, 15) is 5.11 Å². The lowest BCUT2D eigenvalue weighted by Crippen LogP contribution is -2.40. The predicted molar refractivity (Wildman–Crippen MR) is 84.9 cm³/mol. The first kappa shape index (κ1) is 15.5. The van der Waals surface area contributed by atoms with Crippen LogP contribution in [0.25, 0.3) is 0 Å². The van der Waals surface area contributed by atoms with Crippen molar-refractivity contribution in [2.45, 2.75) is 71.1 Å². The number of aliphatic hydroxyl groups excluding tert-OH is 1. The van der Waals surface area contributed by atoms with E-state index in [1.54, 1.807) is 0 Å². The van der Waals surface area contributed by atoms with Crippen molar-refractivity contribution in [3.8, 4) is 0 Å². The zero-order valence-corrected chi connectivity index (χ0v) is 13.2. The van der Waals surface area contributed by atoms with Gasteiger partial charge < -0.3 is 5.11 Å². The molecule has 2 nitrogen and oxygen atoms in total. The summed E-state index contributed by atoms with van der Waals surface area (Å²) < 4.78 is 0. The van der Waals surface area contributed by atoms with Crippen molar-refractivity contribution in [3.63, 3.8) is 0 Å². The van der Waals surface area contributed by atoms with Gasteiger partial charge in [-0.3, -0.25) is 4.90 Å². The van der Waals surface area contributed by atoms with Gasteiger partial charge in [0.1, 0.15) is 0 Å². The van der Waals surface area contributed by atoms with E-state index in [2.05, 4.69) is 43.0 Å². The van der Waals surface area contributed by atoms with Crippen LogP contribution in [0.4, 0.5) is 0 Å². The van der Waals surface area contributed by atoms with E-state index in [4.69, 9.17) is 0 Å². The Hall–Kier alpha value is -0.860. The van der Waals surface area contributed by atoms with Crippen LogP contribution in [0.3, 0.4) is 0 Å². The fourth-order valence-corrected chi connectivity index (χ4v) is 3.17. The molecular weight excluding hydrogens is 246 g/mol. The normalized spacial score (nSPS) is 22.1. The average molecular weight is 275 g/mol. The minimum Gasteiger partial charge on any atom is -0.393 e. The fourth-order valence-electron chi connectivity index (χ4n) is 3.17. The molecule has 1 aromatic rings. The van der Waals surface area contributed by atoms with Crippen molar-refractivity contribution in [3.05, 3.63) is 35.4 Å². The van der Waals surface area contributed by atoms with Crippen LogP contribution in [0.5, 0.6) is 0 Å². The molecule has 1 heterocycles. The highest BCUT2D eigenvalue weighted by molar-refractivity contribution is 5.24. The summed E-state index contributed by atoms with van der Waals surface area (Å²) in [6.07, 6.45) is 4.54. The summed E-state index contributed by atoms with van der Waals surface area (Å²) in [6, 6.07) is 9.60. The number of nitrogens with zero attached hydrogens (tertiary/aromatic N) is 1. The molecule has 20 heavy (non-hydrogen) atoms. The Bertz CT molecular complexity index is 396. The van der Waals surface area contributed by atoms with E-state index in [0.717, 1.165) is 13.0 Å². The first-order valence-electron chi connectivity index (χ1n) is 8.07. The van der Waals surface area contributed by atoms with Crippen LogP contribution in [0.1, 0.15) is 63.5 Å². The van der Waals surface area contributed by atoms with Gasteiger partial charge in [-0.25, -0.2) is 0 Å². The van der Waals surface area contributed by atoms with Gasteiger partial charge in [-0.05, 0) is 49.8 Å². The summed E-state index contributed by atoms with van der Waals surface area (Å²) in [7, 11) is 0. The molecule has 2 heteroatoms. The Morgan fingerprint density at radius 1 is 1.15 bits per heavy atom. The smallest absolute Gasteiger partial charge is 0.0527 e. The summed E-state index contributed by atoms with van der Waals surface area (Å²) in [5.41, 5.74) is 2.81. The van der Waals surface area contributed by atoms with E-state index in [1.807, 2.05) is 6.92 Å². The van der Waals surface area contributed by atoms with Crippen LogP contribution in [0.15, 0.2) is 24.3 Å². The number of likely N-dealkylation sites (tertiary alicyclic amines) is 1. The standard InChI is InChI=1S/C18H29NO/c1-14(2)17-9-7-16(8-10-17)13-19-11-5-4-6-18(19)12-15(3)20/h7-10,14-15,18,20H,4-6,11-13H2,1-3H3. The lowest BCUT2D eigenvalue weighted by molar-refractivity contribution is 0.0818. The quantitative estimate of drug-likeness (QED) is 0.880. The summed E-state index contributed by atoms with van der Waals surface area (Å²) >= 11 is 0. The van der Waals surface area contributed by atoms with Gasteiger partial charge in [0.2, 0.25) is 0 Å². The highest BCUT2D eigenvalue weighted by atomic mass is 16.3. The SMILES string of the molecule is CC(O)CC1CCCCN1Cc1ccc(C(C)C)cc1. The molecule has 2 atom stereocenters. The van der Waals surface area contributed by atoms with Gasteiger partial charge in [0.15, 0.2) is 0 Å². The number of benzene rings is 1. The highest BCUT2D eigenvalue weighted by Crippen LogP contribution is 2.23. The molecule has 2 unspecified atom stereocenters. The second kappa shape index (κ2) is 7.24. The lowest BCUT2D eigenvalue weighted by atomic mass is 9.96.